The van der Waals surface area contributed by atoms with E-state index in [-0.39, 0.29) is 12.1 Å². The average molecular weight is 581 g/mol. The number of hydrogen-bond donors (Lipinski definition) is 1. The first-order valence-corrected chi connectivity index (χ1v) is 13.4. The normalized spacial score (nSPS) is 11.0. The Morgan fingerprint density at radius 3 is 1.76 bits per heavy atom. The molecule has 0 fully saturated rings. The van der Waals surface area contributed by atoms with Gasteiger partial charge in [-0.25, -0.2) is 0 Å². The number of nitro benzene ring substituents is 3. The van der Waals surface area contributed by atoms with Crippen molar-refractivity contribution in [2.24, 2.45) is 0 Å². The summed E-state index contributed by atoms with van der Waals surface area (Å²) in [5.74, 6) is 1.49. The molecule has 2 rings (SSSR count). The third kappa shape index (κ3) is 11.3. The molecule has 0 aliphatic rings. The summed E-state index contributed by atoms with van der Waals surface area (Å²) in [6, 6.07) is 11.0. The largest absolute Gasteiger partial charge is 0.308 e. The van der Waals surface area contributed by atoms with Gasteiger partial charge in [-0.2, -0.15) is 8.42 Å². The fourth-order valence-electron chi connectivity index (χ4n) is 3.24. The van der Waals surface area contributed by atoms with Gasteiger partial charge in [-0.15, -0.1) is 23.2 Å². The topological polar surface area (TPSA) is 187 Å². The molecule has 37 heavy (non-hydrogen) atoms. The molecule has 0 unspecified atom stereocenters. The van der Waals surface area contributed by atoms with Gasteiger partial charge in [-0.1, -0.05) is 43.2 Å². The maximum atomic E-state index is 10.9. The van der Waals surface area contributed by atoms with E-state index in [1.807, 2.05) is 0 Å². The molecule has 204 valence electrons. The predicted molar refractivity (Wildman–Crippen MR) is 138 cm³/mol. The summed E-state index contributed by atoms with van der Waals surface area (Å²) in [7, 11) is -5.30. The van der Waals surface area contributed by atoms with Crippen LogP contribution >= 0.6 is 23.2 Å². The first-order chi connectivity index (χ1) is 17.4. The van der Waals surface area contributed by atoms with Crippen molar-refractivity contribution in [1.29, 1.82) is 0 Å². The molecule has 16 heteroatoms. The zero-order valence-corrected chi connectivity index (χ0v) is 21.9. The van der Waals surface area contributed by atoms with Crippen molar-refractivity contribution in [1.82, 2.24) is 4.90 Å². The Hall–Kier alpha value is -2.91. The minimum Gasteiger partial charge on any atom is -0.298 e. The van der Waals surface area contributed by atoms with E-state index in [4.69, 9.17) is 27.8 Å². The van der Waals surface area contributed by atoms with Gasteiger partial charge in [0.05, 0.1) is 26.9 Å². The van der Waals surface area contributed by atoms with Gasteiger partial charge in [0.15, 0.2) is 0 Å². The first kappa shape index (κ1) is 32.1. The monoisotopic (exact) mass is 580 g/mol. The zero-order valence-electron chi connectivity index (χ0n) is 19.6. The van der Waals surface area contributed by atoms with Crippen LogP contribution in [0.1, 0.15) is 31.2 Å². The number of rotatable bonds is 14. The van der Waals surface area contributed by atoms with Crippen molar-refractivity contribution in [3.63, 3.8) is 0 Å². The highest BCUT2D eigenvalue weighted by molar-refractivity contribution is 7.86. The molecular weight excluding hydrogens is 555 g/mol. The molecule has 0 spiro atoms. The molecule has 0 heterocycles. The van der Waals surface area contributed by atoms with Gasteiger partial charge in [0.2, 0.25) is 4.90 Å². The Labute approximate surface area is 223 Å². The van der Waals surface area contributed by atoms with Gasteiger partial charge in [0.25, 0.3) is 5.69 Å². The van der Waals surface area contributed by atoms with Gasteiger partial charge in [-0.3, -0.25) is 39.8 Å². The number of non-ortho nitro benzene ring substituents is 1. The van der Waals surface area contributed by atoms with E-state index in [1.54, 1.807) is 0 Å². The summed E-state index contributed by atoms with van der Waals surface area (Å²) in [4.78, 5) is 28.6. The Bertz CT molecular complexity index is 1130. The number of halogens is 2. The van der Waals surface area contributed by atoms with Gasteiger partial charge < -0.3 is 0 Å². The molecule has 1 N–H and O–H groups in total. The van der Waals surface area contributed by atoms with Crippen molar-refractivity contribution in [2.45, 2.75) is 37.1 Å². The van der Waals surface area contributed by atoms with Crippen LogP contribution in [0.5, 0.6) is 0 Å². The van der Waals surface area contributed by atoms with Gasteiger partial charge in [-0.05, 0) is 24.9 Å². The number of alkyl halides is 2. The fraction of sp³-hybridized carbons (Fsp3) is 0.429. The average Bonchev–Trinajstić information content (AvgIpc) is 2.83. The Kier molecular flexibility index (Phi) is 13.9. The summed E-state index contributed by atoms with van der Waals surface area (Å²) in [6.45, 7) is 3.10. The molecular formula is C21H26Cl2N4O9S. The van der Waals surface area contributed by atoms with Crippen LogP contribution in [0.15, 0.2) is 47.4 Å². The van der Waals surface area contributed by atoms with Gasteiger partial charge >= 0.3 is 21.5 Å². The van der Waals surface area contributed by atoms with Crippen molar-refractivity contribution in [3.8, 4) is 0 Å². The maximum Gasteiger partial charge on any atom is 0.308 e. The molecule has 0 aliphatic carbocycles. The number of benzene rings is 2. The van der Waals surface area contributed by atoms with E-state index in [9.17, 15) is 38.8 Å². The van der Waals surface area contributed by atoms with E-state index in [0.717, 1.165) is 31.9 Å². The van der Waals surface area contributed by atoms with Crippen molar-refractivity contribution in [3.05, 3.63) is 78.4 Å². The standard InChI is InChI=1S/C15H23Cl2N.C6H3N3O9S/c16-10-6-1-2-7-12-18(13-11-17)14-15-8-4-3-5-9-15;10-7(11)3-1-4(8(12)13)6(19(16,17)18)5(2-3)9(14)15/h3-5,8-9H,1-2,6-7,10-14H2;1-2H,(H,16,17,18). The third-order valence-electron chi connectivity index (χ3n) is 4.90. The molecule has 0 aromatic heterocycles. The molecule has 2 aromatic rings. The lowest BCUT2D eigenvalue weighted by Gasteiger charge is -2.21. The highest BCUT2D eigenvalue weighted by Gasteiger charge is 2.37. The highest BCUT2D eigenvalue weighted by Crippen LogP contribution is 2.36. The number of hydrogen-bond acceptors (Lipinski definition) is 9. The lowest BCUT2D eigenvalue weighted by molar-refractivity contribution is -0.407. The SMILES string of the molecule is ClCCCCCCN(CCCl)Cc1ccccc1.O=[N+]([O-])c1cc([N+](=O)[O-])c(S(=O)(=O)O)c([N+](=O)[O-])c1. The minimum absolute atomic E-state index is 0.204. The van der Waals surface area contributed by atoms with E-state index in [2.05, 4.69) is 35.2 Å². The van der Waals surface area contributed by atoms with E-state index in [0.29, 0.717) is 5.88 Å². The number of unbranched alkanes of at least 4 members (excludes halogenated alkanes) is 3. The molecule has 13 nitrogen and oxygen atoms in total. The van der Waals surface area contributed by atoms with Crippen LogP contribution in [0.2, 0.25) is 0 Å². The number of nitro groups is 3. The van der Waals surface area contributed by atoms with Crippen LogP contribution in [-0.4, -0.2) is 57.5 Å². The fourth-order valence-corrected chi connectivity index (χ4v) is 4.46. The van der Waals surface area contributed by atoms with E-state index >= 15 is 0 Å². The lowest BCUT2D eigenvalue weighted by Crippen LogP contribution is -2.26. The molecule has 0 aliphatic heterocycles. The van der Waals surface area contributed by atoms with Crippen LogP contribution in [0, 0.1) is 30.3 Å². The second-order valence-corrected chi connectivity index (χ2v) is 9.73. The molecule has 0 saturated heterocycles. The first-order valence-electron chi connectivity index (χ1n) is 10.9. The molecule has 0 radical (unpaired) electrons. The van der Waals surface area contributed by atoms with Crippen molar-refractivity contribution < 1.29 is 27.7 Å². The van der Waals surface area contributed by atoms with E-state index in [1.165, 1.54) is 24.8 Å². The van der Waals surface area contributed by atoms with Crippen molar-refractivity contribution in [2.75, 3.05) is 24.8 Å². The van der Waals surface area contributed by atoms with Gasteiger partial charge in [0, 0.05) is 24.8 Å². The van der Waals surface area contributed by atoms with Crippen LogP contribution in [0.25, 0.3) is 0 Å². The Morgan fingerprint density at radius 2 is 1.32 bits per heavy atom. The van der Waals surface area contributed by atoms with Crippen LogP contribution < -0.4 is 0 Å². The van der Waals surface area contributed by atoms with Crippen molar-refractivity contribution >= 4 is 50.4 Å². The summed E-state index contributed by atoms with van der Waals surface area (Å²) in [5, 5.41) is 31.7. The van der Waals surface area contributed by atoms with E-state index < -0.39 is 46.8 Å². The second kappa shape index (κ2) is 16.0. The van der Waals surface area contributed by atoms with Gasteiger partial charge in [0.1, 0.15) is 0 Å². The molecule has 0 bridgehead atoms. The summed E-state index contributed by atoms with van der Waals surface area (Å²) >= 11 is 11.5. The minimum atomic E-state index is -5.30. The molecule has 2 aromatic carbocycles. The Morgan fingerprint density at radius 1 is 0.784 bits per heavy atom. The molecule has 0 amide bonds. The molecule has 0 atom stereocenters. The third-order valence-corrected chi connectivity index (χ3v) is 6.27. The van der Waals surface area contributed by atoms with Crippen LogP contribution in [0.4, 0.5) is 17.1 Å². The lowest BCUT2D eigenvalue weighted by atomic mass is 10.1. The van der Waals surface area contributed by atoms with Crippen LogP contribution in [0.3, 0.4) is 0 Å². The second-order valence-electron chi connectivity index (χ2n) is 7.61. The smallest absolute Gasteiger partial charge is 0.298 e. The summed E-state index contributed by atoms with van der Waals surface area (Å²) in [6.07, 6.45) is 4.88. The maximum absolute atomic E-state index is 10.9. The predicted octanol–water partition coefficient (Wildman–Crippen LogP) is 5.18. The quantitative estimate of drug-likeness (QED) is 0.102. The van der Waals surface area contributed by atoms with Crippen LogP contribution in [-0.2, 0) is 16.7 Å². The summed E-state index contributed by atoms with van der Waals surface area (Å²) < 4.78 is 30.7. The molecule has 0 saturated carbocycles. The number of nitrogens with zero attached hydrogens (tertiary/aromatic N) is 4. The Balaban J connectivity index is 0.000000371. The highest BCUT2D eigenvalue weighted by atomic mass is 35.5. The summed E-state index contributed by atoms with van der Waals surface area (Å²) in [5.41, 5.74) is -2.60. The zero-order chi connectivity index (χ0) is 28.0.